The third-order valence-electron chi connectivity index (χ3n) is 3.51. The van der Waals surface area contributed by atoms with E-state index in [4.69, 9.17) is 0 Å². The Morgan fingerprint density at radius 2 is 2.09 bits per heavy atom. The molecule has 126 valence electrons. The minimum atomic E-state index is 0.485. The Labute approximate surface area is 134 Å². The van der Waals surface area contributed by atoms with Crippen LogP contribution < -0.4 is 10.6 Å². The first-order chi connectivity index (χ1) is 10.4. The molecule has 0 aliphatic heterocycles. The Bertz CT molecular complexity index is 450. The standard InChI is InChI=1S/C15H31N7/c1-7-16-15(18-10-14-19-11-20-22(14)6)17-9-13(21(4)5)8-12(2)3/h11-13H,7-10H2,1-6H3,(H2,16,17,18). The van der Waals surface area contributed by atoms with Crippen LogP contribution in [0.15, 0.2) is 11.3 Å². The minimum absolute atomic E-state index is 0.485. The zero-order valence-corrected chi connectivity index (χ0v) is 14.8. The van der Waals surface area contributed by atoms with E-state index in [1.807, 2.05) is 7.05 Å². The maximum atomic E-state index is 4.58. The Hall–Kier alpha value is -1.63. The fourth-order valence-electron chi connectivity index (χ4n) is 2.19. The summed E-state index contributed by atoms with van der Waals surface area (Å²) in [5, 5.41) is 10.8. The highest BCUT2D eigenvalue weighted by Crippen LogP contribution is 2.08. The number of likely N-dealkylation sites (N-methyl/N-ethyl adjacent to an activating group) is 1. The largest absolute Gasteiger partial charge is 0.357 e. The van der Waals surface area contributed by atoms with Crippen LogP contribution in [0.2, 0.25) is 0 Å². The SMILES string of the molecule is CCNC(=NCc1ncnn1C)NCC(CC(C)C)N(C)C. The molecule has 0 fully saturated rings. The highest BCUT2D eigenvalue weighted by molar-refractivity contribution is 5.79. The van der Waals surface area contributed by atoms with Crippen LogP contribution in [-0.4, -0.2) is 58.9 Å². The van der Waals surface area contributed by atoms with Gasteiger partial charge in [0.15, 0.2) is 5.96 Å². The molecule has 7 nitrogen and oxygen atoms in total. The van der Waals surface area contributed by atoms with Crippen molar-refractivity contribution < 1.29 is 0 Å². The van der Waals surface area contributed by atoms with E-state index in [1.165, 1.54) is 0 Å². The fraction of sp³-hybridized carbons (Fsp3) is 0.800. The summed E-state index contributed by atoms with van der Waals surface area (Å²) in [6.07, 6.45) is 2.71. The molecule has 0 amide bonds. The number of nitrogens with one attached hydrogen (secondary N) is 2. The van der Waals surface area contributed by atoms with Gasteiger partial charge in [-0.2, -0.15) is 5.10 Å². The summed E-state index contributed by atoms with van der Waals surface area (Å²) >= 11 is 0. The molecule has 0 aliphatic rings. The van der Waals surface area contributed by atoms with Crippen molar-refractivity contribution in [3.05, 3.63) is 12.2 Å². The molecule has 22 heavy (non-hydrogen) atoms. The molecule has 1 atom stereocenters. The molecule has 0 saturated heterocycles. The molecule has 7 heteroatoms. The van der Waals surface area contributed by atoms with Gasteiger partial charge < -0.3 is 15.5 Å². The first kappa shape index (κ1) is 18.4. The van der Waals surface area contributed by atoms with Gasteiger partial charge in [-0.15, -0.1) is 0 Å². The molecule has 1 aromatic rings. The van der Waals surface area contributed by atoms with Gasteiger partial charge in [-0.1, -0.05) is 13.8 Å². The summed E-state index contributed by atoms with van der Waals surface area (Å²) in [6.45, 7) is 8.80. The highest BCUT2D eigenvalue weighted by atomic mass is 15.3. The van der Waals surface area contributed by atoms with E-state index in [2.05, 4.69) is 65.5 Å². The molecule has 0 saturated carbocycles. The van der Waals surface area contributed by atoms with Crippen LogP contribution in [-0.2, 0) is 13.6 Å². The number of aromatic nitrogens is 3. The molecule has 1 rings (SSSR count). The second-order valence-corrected chi connectivity index (χ2v) is 6.12. The van der Waals surface area contributed by atoms with Crippen molar-refractivity contribution in [2.24, 2.45) is 18.0 Å². The predicted molar refractivity (Wildman–Crippen MR) is 90.8 cm³/mol. The number of rotatable bonds is 8. The maximum Gasteiger partial charge on any atom is 0.191 e. The van der Waals surface area contributed by atoms with Gasteiger partial charge in [-0.05, 0) is 33.4 Å². The average Bonchev–Trinajstić information content (AvgIpc) is 2.85. The molecule has 1 heterocycles. The lowest BCUT2D eigenvalue weighted by molar-refractivity contribution is 0.254. The molecule has 1 unspecified atom stereocenters. The zero-order chi connectivity index (χ0) is 16.5. The van der Waals surface area contributed by atoms with Gasteiger partial charge in [0.05, 0.1) is 0 Å². The first-order valence-electron chi connectivity index (χ1n) is 7.95. The second kappa shape index (κ2) is 9.40. The number of guanidine groups is 1. The lowest BCUT2D eigenvalue weighted by Crippen LogP contribution is -2.45. The molecule has 0 radical (unpaired) electrons. The molecule has 0 aromatic carbocycles. The van der Waals surface area contributed by atoms with Crippen LogP contribution in [0.4, 0.5) is 0 Å². The van der Waals surface area contributed by atoms with Crippen molar-refractivity contribution in [1.29, 1.82) is 0 Å². The van der Waals surface area contributed by atoms with Gasteiger partial charge in [0.2, 0.25) is 0 Å². The zero-order valence-electron chi connectivity index (χ0n) is 14.8. The lowest BCUT2D eigenvalue weighted by Gasteiger charge is -2.27. The van der Waals surface area contributed by atoms with E-state index in [0.29, 0.717) is 18.5 Å². The van der Waals surface area contributed by atoms with Crippen molar-refractivity contribution in [3.63, 3.8) is 0 Å². The molecule has 0 bridgehead atoms. The average molecular weight is 309 g/mol. The van der Waals surface area contributed by atoms with Crippen LogP contribution in [0.1, 0.15) is 33.0 Å². The Kier molecular flexibility index (Phi) is 7.87. The van der Waals surface area contributed by atoms with Crippen molar-refractivity contribution in [3.8, 4) is 0 Å². The molecule has 0 aliphatic carbocycles. The van der Waals surface area contributed by atoms with E-state index in [1.54, 1.807) is 11.0 Å². The van der Waals surface area contributed by atoms with Crippen LogP contribution in [0, 0.1) is 5.92 Å². The Morgan fingerprint density at radius 1 is 1.36 bits per heavy atom. The number of nitrogens with zero attached hydrogens (tertiary/aromatic N) is 5. The summed E-state index contributed by atoms with van der Waals surface area (Å²) in [7, 11) is 6.12. The second-order valence-electron chi connectivity index (χ2n) is 6.12. The molecular formula is C15H31N7. The van der Waals surface area contributed by atoms with Crippen molar-refractivity contribution >= 4 is 5.96 Å². The van der Waals surface area contributed by atoms with Crippen molar-refractivity contribution in [1.82, 2.24) is 30.3 Å². The van der Waals surface area contributed by atoms with Crippen molar-refractivity contribution in [2.75, 3.05) is 27.2 Å². The minimum Gasteiger partial charge on any atom is -0.357 e. The van der Waals surface area contributed by atoms with Crippen LogP contribution in [0.25, 0.3) is 0 Å². The third-order valence-corrected chi connectivity index (χ3v) is 3.51. The van der Waals surface area contributed by atoms with Crippen LogP contribution in [0.5, 0.6) is 0 Å². The quantitative estimate of drug-likeness (QED) is 0.550. The van der Waals surface area contributed by atoms with Gasteiger partial charge >= 0.3 is 0 Å². The normalized spacial score (nSPS) is 13.7. The summed E-state index contributed by atoms with van der Waals surface area (Å²) < 4.78 is 1.74. The molecule has 0 spiro atoms. The molecule has 2 N–H and O–H groups in total. The van der Waals surface area contributed by atoms with Gasteiger partial charge in [0.1, 0.15) is 18.7 Å². The van der Waals surface area contributed by atoms with Gasteiger partial charge in [-0.25, -0.2) is 9.98 Å². The lowest BCUT2D eigenvalue weighted by atomic mass is 10.0. The summed E-state index contributed by atoms with van der Waals surface area (Å²) in [6, 6.07) is 0.485. The number of hydrogen-bond acceptors (Lipinski definition) is 4. The first-order valence-corrected chi connectivity index (χ1v) is 7.95. The highest BCUT2D eigenvalue weighted by Gasteiger charge is 2.13. The van der Waals surface area contributed by atoms with Gasteiger partial charge in [0.25, 0.3) is 0 Å². The van der Waals surface area contributed by atoms with Gasteiger partial charge in [0, 0.05) is 26.2 Å². The van der Waals surface area contributed by atoms with Crippen LogP contribution >= 0.6 is 0 Å². The maximum absolute atomic E-state index is 4.58. The summed E-state index contributed by atoms with van der Waals surface area (Å²) in [5.41, 5.74) is 0. The van der Waals surface area contributed by atoms with E-state index in [9.17, 15) is 0 Å². The number of hydrogen-bond donors (Lipinski definition) is 2. The Balaban J connectivity index is 2.60. The van der Waals surface area contributed by atoms with E-state index in [-0.39, 0.29) is 0 Å². The van der Waals surface area contributed by atoms with Crippen LogP contribution in [0.3, 0.4) is 0 Å². The summed E-state index contributed by atoms with van der Waals surface area (Å²) in [4.78, 5) is 11.0. The van der Waals surface area contributed by atoms with E-state index >= 15 is 0 Å². The topological polar surface area (TPSA) is 70.4 Å². The fourth-order valence-corrected chi connectivity index (χ4v) is 2.19. The van der Waals surface area contributed by atoms with Crippen molar-refractivity contribution in [2.45, 2.75) is 39.8 Å². The van der Waals surface area contributed by atoms with E-state index in [0.717, 1.165) is 31.3 Å². The van der Waals surface area contributed by atoms with Gasteiger partial charge in [-0.3, -0.25) is 4.68 Å². The monoisotopic (exact) mass is 309 g/mol. The number of aryl methyl sites for hydroxylation is 1. The third kappa shape index (κ3) is 6.43. The predicted octanol–water partition coefficient (Wildman–Crippen LogP) is 0.847. The van der Waals surface area contributed by atoms with E-state index < -0.39 is 0 Å². The number of aliphatic imine (C=N–C) groups is 1. The molecule has 1 aromatic heterocycles. The molecular weight excluding hydrogens is 278 g/mol. The summed E-state index contributed by atoms with van der Waals surface area (Å²) in [5.74, 6) is 2.34. The smallest absolute Gasteiger partial charge is 0.191 e. The Morgan fingerprint density at radius 3 is 2.59 bits per heavy atom.